The van der Waals surface area contributed by atoms with Gasteiger partial charge in [-0.1, -0.05) is 25.3 Å². The number of hydrogen-bond donors (Lipinski definition) is 2. The molecule has 0 spiro atoms. The first-order chi connectivity index (χ1) is 11.7. The van der Waals surface area contributed by atoms with Gasteiger partial charge in [-0.2, -0.15) is 0 Å². The molecule has 1 saturated carbocycles. The number of carbonyl (C=O) groups is 1. The van der Waals surface area contributed by atoms with E-state index in [9.17, 15) is 4.79 Å². The van der Waals surface area contributed by atoms with Crippen molar-refractivity contribution in [2.75, 3.05) is 17.7 Å². The lowest BCUT2D eigenvalue weighted by molar-refractivity contribution is 0.102. The van der Waals surface area contributed by atoms with Gasteiger partial charge in [-0.15, -0.1) is 0 Å². The topological polar surface area (TPSA) is 50.4 Å². The Balaban J connectivity index is 1.59. The molecule has 0 bridgehead atoms. The third kappa shape index (κ3) is 4.28. The van der Waals surface area contributed by atoms with Gasteiger partial charge in [0.1, 0.15) is 5.75 Å². The van der Waals surface area contributed by atoms with E-state index in [1.54, 1.807) is 19.2 Å². The van der Waals surface area contributed by atoms with Crippen molar-refractivity contribution in [2.24, 2.45) is 0 Å². The van der Waals surface area contributed by atoms with Crippen LogP contribution in [-0.2, 0) is 0 Å². The maximum atomic E-state index is 12.3. The zero-order valence-corrected chi connectivity index (χ0v) is 14.0. The molecular formula is C20H24N2O2. The van der Waals surface area contributed by atoms with Crippen molar-refractivity contribution in [1.82, 2.24) is 0 Å². The second-order valence-corrected chi connectivity index (χ2v) is 6.24. The predicted molar refractivity (Wildman–Crippen MR) is 97.9 cm³/mol. The second-order valence-electron chi connectivity index (χ2n) is 6.24. The Morgan fingerprint density at radius 1 is 1.00 bits per heavy atom. The molecule has 24 heavy (non-hydrogen) atoms. The van der Waals surface area contributed by atoms with Crippen LogP contribution in [0.15, 0.2) is 48.5 Å². The average Bonchev–Trinajstić information content (AvgIpc) is 2.64. The summed E-state index contributed by atoms with van der Waals surface area (Å²) in [6.45, 7) is 0. The van der Waals surface area contributed by atoms with E-state index in [1.807, 2.05) is 36.4 Å². The van der Waals surface area contributed by atoms with Crippen LogP contribution in [0.4, 0.5) is 11.4 Å². The summed E-state index contributed by atoms with van der Waals surface area (Å²) in [5, 5.41) is 6.50. The molecule has 0 radical (unpaired) electrons. The van der Waals surface area contributed by atoms with Gasteiger partial charge in [0.25, 0.3) is 5.91 Å². The largest absolute Gasteiger partial charge is 0.497 e. The van der Waals surface area contributed by atoms with E-state index in [4.69, 9.17) is 4.74 Å². The average molecular weight is 324 g/mol. The van der Waals surface area contributed by atoms with E-state index in [2.05, 4.69) is 10.6 Å². The third-order valence-electron chi connectivity index (χ3n) is 4.45. The second kappa shape index (κ2) is 7.86. The van der Waals surface area contributed by atoms with E-state index >= 15 is 0 Å². The first-order valence-electron chi connectivity index (χ1n) is 8.56. The van der Waals surface area contributed by atoms with E-state index in [-0.39, 0.29) is 5.91 Å². The first kappa shape index (κ1) is 16.4. The van der Waals surface area contributed by atoms with Crippen LogP contribution in [0, 0.1) is 0 Å². The fraction of sp³-hybridized carbons (Fsp3) is 0.350. The number of nitrogens with one attached hydrogen (secondary N) is 2. The van der Waals surface area contributed by atoms with Crippen LogP contribution in [0.5, 0.6) is 5.75 Å². The molecule has 126 valence electrons. The zero-order chi connectivity index (χ0) is 16.8. The van der Waals surface area contributed by atoms with Crippen molar-refractivity contribution < 1.29 is 9.53 Å². The third-order valence-corrected chi connectivity index (χ3v) is 4.45. The minimum Gasteiger partial charge on any atom is -0.497 e. The number of hydrogen-bond acceptors (Lipinski definition) is 3. The maximum absolute atomic E-state index is 12.3. The van der Waals surface area contributed by atoms with Gasteiger partial charge in [-0.25, -0.2) is 0 Å². The molecule has 2 aromatic carbocycles. The van der Waals surface area contributed by atoms with Crippen LogP contribution in [0.3, 0.4) is 0 Å². The highest BCUT2D eigenvalue weighted by atomic mass is 16.5. The van der Waals surface area contributed by atoms with Crippen LogP contribution in [0.25, 0.3) is 0 Å². The smallest absolute Gasteiger partial charge is 0.255 e. The molecule has 0 aliphatic heterocycles. The monoisotopic (exact) mass is 324 g/mol. The van der Waals surface area contributed by atoms with Gasteiger partial charge in [0.15, 0.2) is 0 Å². The number of amides is 1. The highest BCUT2D eigenvalue weighted by Crippen LogP contribution is 2.23. The predicted octanol–water partition coefficient (Wildman–Crippen LogP) is 4.69. The summed E-state index contributed by atoms with van der Waals surface area (Å²) in [6, 6.07) is 15.6. The standard InChI is InChI=1S/C20H24N2O2/c1-24-19-9-5-6-15(14-19)20(23)22-18-12-10-17(11-13-18)21-16-7-3-2-4-8-16/h5-6,9-14,16,21H,2-4,7-8H2,1H3,(H,22,23). The molecule has 0 saturated heterocycles. The van der Waals surface area contributed by atoms with Gasteiger partial charge < -0.3 is 15.4 Å². The molecule has 1 aliphatic rings. The Morgan fingerprint density at radius 2 is 1.71 bits per heavy atom. The molecule has 4 nitrogen and oxygen atoms in total. The van der Waals surface area contributed by atoms with Crippen molar-refractivity contribution in [3.05, 3.63) is 54.1 Å². The molecule has 0 aromatic heterocycles. The Morgan fingerprint density at radius 3 is 2.42 bits per heavy atom. The summed E-state index contributed by atoms with van der Waals surface area (Å²) >= 11 is 0. The number of anilines is 2. The molecular weight excluding hydrogens is 300 g/mol. The lowest BCUT2D eigenvalue weighted by atomic mass is 9.95. The van der Waals surface area contributed by atoms with Crippen LogP contribution in [0.2, 0.25) is 0 Å². The molecule has 2 N–H and O–H groups in total. The number of rotatable bonds is 5. The molecule has 1 aliphatic carbocycles. The highest BCUT2D eigenvalue weighted by molar-refractivity contribution is 6.04. The van der Waals surface area contributed by atoms with E-state index < -0.39 is 0 Å². The summed E-state index contributed by atoms with van der Waals surface area (Å²) in [5.74, 6) is 0.538. The molecule has 1 amide bonds. The van der Waals surface area contributed by atoms with Crippen molar-refractivity contribution in [1.29, 1.82) is 0 Å². The maximum Gasteiger partial charge on any atom is 0.255 e. The molecule has 3 rings (SSSR count). The van der Waals surface area contributed by atoms with E-state index in [1.165, 1.54) is 32.1 Å². The Labute approximate surface area is 143 Å². The fourth-order valence-electron chi connectivity index (χ4n) is 3.10. The summed E-state index contributed by atoms with van der Waals surface area (Å²) < 4.78 is 5.15. The number of ether oxygens (including phenoxy) is 1. The molecule has 0 unspecified atom stereocenters. The molecule has 0 atom stereocenters. The lowest BCUT2D eigenvalue weighted by Gasteiger charge is -2.23. The van der Waals surface area contributed by atoms with Crippen molar-refractivity contribution in [2.45, 2.75) is 38.1 Å². The van der Waals surface area contributed by atoms with E-state index in [0.29, 0.717) is 17.4 Å². The van der Waals surface area contributed by atoms with E-state index in [0.717, 1.165) is 11.4 Å². The van der Waals surface area contributed by atoms with Crippen LogP contribution in [0.1, 0.15) is 42.5 Å². The van der Waals surface area contributed by atoms with Gasteiger partial charge in [0.2, 0.25) is 0 Å². The van der Waals surface area contributed by atoms with Gasteiger partial charge in [-0.05, 0) is 55.3 Å². The van der Waals surface area contributed by atoms with Crippen molar-refractivity contribution >= 4 is 17.3 Å². The SMILES string of the molecule is COc1cccc(C(=O)Nc2ccc(NC3CCCCC3)cc2)c1. The van der Waals surface area contributed by atoms with Crippen molar-refractivity contribution in [3.63, 3.8) is 0 Å². The molecule has 4 heteroatoms. The summed E-state index contributed by atoms with van der Waals surface area (Å²) in [6.07, 6.45) is 6.47. The lowest BCUT2D eigenvalue weighted by Crippen LogP contribution is -2.22. The summed E-state index contributed by atoms with van der Waals surface area (Å²) in [4.78, 5) is 12.3. The quantitative estimate of drug-likeness (QED) is 0.838. The Kier molecular flexibility index (Phi) is 5.36. The van der Waals surface area contributed by atoms with Crippen LogP contribution < -0.4 is 15.4 Å². The zero-order valence-electron chi connectivity index (χ0n) is 14.0. The Hall–Kier alpha value is -2.49. The first-order valence-corrected chi connectivity index (χ1v) is 8.56. The van der Waals surface area contributed by atoms with Gasteiger partial charge >= 0.3 is 0 Å². The summed E-state index contributed by atoms with van der Waals surface area (Å²) in [7, 11) is 1.59. The molecule has 2 aromatic rings. The highest BCUT2D eigenvalue weighted by Gasteiger charge is 2.13. The fourth-order valence-corrected chi connectivity index (χ4v) is 3.10. The van der Waals surface area contributed by atoms with Gasteiger partial charge in [0, 0.05) is 23.0 Å². The minimum atomic E-state index is -0.137. The normalized spacial score (nSPS) is 14.9. The molecule has 1 fully saturated rings. The number of benzene rings is 2. The molecule has 0 heterocycles. The minimum absolute atomic E-state index is 0.137. The van der Waals surface area contributed by atoms with Crippen LogP contribution >= 0.6 is 0 Å². The number of methoxy groups -OCH3 is 1. The van der Waals surface area contributed by atoms with Crippen LogP contribution in [-0.4, -0.2) is 19.1 Å². The van der Waals surface area contributed by atoms with Crippen molar-refractivity contribution in [3.8, 4) is 5.75 Å². The van der Waals surface area contributed by atoms with Gasteiger partial charge in [0.05, 0.1) is 7.11 Å². The van der Waals surface area contributed by atoms with Gasteiger partial charge in [-0.3, -0.25) is 4.79 Å². The Bertz CT molecular complexity index is 676. The summed E-state index contributed by atoms with van der Waals surface area (Å²) in [5.41, 5.74) is 2.48. The number of carbonyl (C=O) groups excluding carboxylic acids is 1.